The van der Waals surface area contributed by atoms with E-state index in [4.69, 9.17) is 0 Å². The molecule has 0 nitrogen and oxygen atoms in total. The van der Waals surface area contributed by atoms with Crippen LogP contribution in [0.25, 0.3) is 0 Å². The lowest BCUT2D eigenvalue weighted by atomic mass is 9.88. The molecule has 0 aliphatic heterocycles. The van der Waals surface area contributed by atoms with Crippen LogP contribution in [0.5, 0.6) is 0 Å². The Morgan fingerprint density at radius 2 is 1.80 bits per heavy atom. The summed E-state index contributed by atoms with van der Waals surface area (Å²) in [5, 5.41) is 0. The molecule has 0 heterocycles. The highest BCUT2D eigenvalue weighted by Crippen LogP contribution is 2.27. The Hall–Kier alpha value is -0.300. The molecule has 0 aromatic heterocycles. The van der Waals surface area contributed by atoms with Gasteiger partial charge < -0.3 is 0 Å². The minimum absolute atomic E-state index is 0.400. The fourth-order valence-electron chi connectivity index (χ4n) is 1.81. The molecule has 0 saturated heterocycles. The van der Waals surface area contributed by atoms with Crippen molar-refractivity contribution in [3.63, 3.8) is 0 Å². The normalized spacial score (nSPS) is 13.9. The van der Waals surface area contributed by atoms with Crippen molar-refractivity contribution in [2.24, 2.45) is 5.41 Å². The van der Waals surface area contributed by atoms with Crippen LogP contribution in [0.4, 0.5) is 0 Å². The predicted octanol–water partition coefficient (Wildman–Crippen LogP) is 4.74. The number of halogens is 1. The van der Waals surface area contributed by atoms with Gasteiger partial charge in [0.25, 0.3) is 0 Å². The summed E-state index contributed by atoms with van der Waals surface area (Å²) in [5.41, 5.74) is 3.26. The van der Waals surface area contributed by atoms with Crippen molar-refractivity contribution in [2.45, 2.75) is 45.4 Å². The maximum atomic E-state index is 3.78. The van der Waals surface area contributed by atoms with Crippen LogP contribution < -0.4 is 0 Å². The maximum Gasteiger partial charge on any atom is 0.0191 e. The molecule has 1 aromatic carbocycles. The van der Waals surface area contributed by atoms with E-state index in [1.165, 1.54) is 17.5 Å². The van der Waals surface area contributed by atoms with E-state index in [1.807, 2.05) is 0 Å². The van der Waals surface area contributed by atoms with E-state index in [1.54, 1.807) is 0 Å². The lowest BCUT2D eigenvalue weighted by molar-refractivity contribution is 0.373. The van der Waals surface area contributed by atoms with Crippen molar-refractivity contribution in [2.75, 3.05) is 0 Å². The van der Waals surface area contributed by atoms with E-state index < -0.39 is 0 Å². The Bertz CT molecular complexity index is 309. The van der Waals surface area contributed by atoms with E-state index in [0.29, 0.717) is 10.2 Å². The van der Waals surface area contributed by atoms with Gasteiger partial charge in [0.1, 0.15) is 0 Å². The van der Waals surface area contributed by atoms with E-state index >= 15 is 0 Å². The van der Waals surface area contributed by atoms with Crippen LogP contribution in [0.1, 0.15) is 38.3 Å². The zero-order valence-electron chi connectivity index (χ0n) is 10.2. The molecule has 1 aromatic rings. The van der Waals surface area contributed by atoms with Crippen molar-refractivity contribution < 1.29 is 0 Å². The highest BCUT2D eigenvalue weighted by Gasteiger charge is 2.17. The Balaban J connectivity index is 2.59. The molecular formula is C14H21Br. The van der Waals surface area contributed by atoms with Gasteiger partial charge in [-0.15, -0.1) is 0 Å². The van der Waals surface area contributed by atoms with Gasteiger partial charge in [0.15, 0.2) is 0 Å². The average molecular weight is 269 g/mol. The van der Waals surface area contributed by atoms with Gasteiger partial charge in [0.05, 0.1) is 0 Å². The lowest BCUT2D eigenvalue weighted by Gasteiger charge is -2.22. The van der Waals surface area contributed by atoms with Gasteiger partial charge >= 0.3 is 0 Å². The standard InChI is InChI=1S/C14H21Br/c1-11-7-5-6-8-12(11)9-13(15)10-14(2,3)4/h5-8,13H,9-10H2,1-4H3. The first kappa shape index (κ1) is 12.8. The fraction of sp³-hybridized carbons (Fsp3) is 0.571. The second kappa shape index (κ2) is 5.16. The smallest absolute Gasteiger partial charge is 0.0191 e. The van der Waals surface area contributed by atoms with Crippen LogP contribution in [0, 0.1) is 12.3 Å². The van der Waals surface area contributed by atoms with Crippen molar-refractivity contribution in [3.05, 3.63) is 35.4 Å². The summed E-state index contributed by atoms with van der Waals surface area (Å²) in [6.07, 6.45) is 2.34. The third-order valence-electron chi connectivity index (χ3n) is 2.54. The van der Waals surface area contributed by atoms with Crippen LogP contribution in [0.3, 0.4) is 0 Å². The minimum atomic E-state index is 0.400. The molecule has 0 aliphatic rings. The molecule has 0 N–H and O–H groups in total. The number of aryl methyl sites for hydroxylation is 1. The Labute approximate surface area is 102 Å². The lowest BCUT2D eigenvalue weighted by Crippen LogP contribution is -2.15. The highest BCUT2D eigenvalue weighted by molar-refractivity contribution is 9.09. The molecule has 15 heavy (non-hydrogen) atoms. The molecule has 0 spiro atoms. The van der Waals surface area contributed by atoms with Crippen LogP contribution in [0.2, 0.25) is 0 Å². The summed E-state index contributed by atoms with van der Waals surface area (Å²) in [5.74, 6) is 0. The molecule has 0 bridgehead atoms. The highest BCUT2D eigenvalue weighted by atomic mass is 79.9. The topological polar surface area (TPSA) is 0 Å². The van der Waals surface area contributed by atoms with E-state index in [-0.39, 0.29) is 0 Å². The number of alkyl halides is 1. The zero-order chi connectivity index (χ0) is 11.5. The summed E-state index contributed by atoms with van der Waals surface area (Å²) < 4.78 is 0. The molecule has 1 rings (SSSR count). The summed E-state index contributed by atoms with van der Waals surface area (Å²) in [4.78, 5) is 0.582. The number of rotatable bonds is 3. The number of hydrogen-bond donors (Lipinski definition) is 0. The Morgan fingerprint density at radius 3 is 2.33 bits per heavy atom. The van der Waals surface area contributed by atoms with E-state index in [0.717, 1.165) is 6.42 Å². The number of benzene rings is 1. The van der Waals surface area contributed by atoms with Crippen molar-refractivity contribution in [1.82, 2.24) is 0 Å². The van der Waals surface area contributed by atoms with Gasteiger partial charge in [-0.2, -0.15) is 0 Å². The fourth-order valence-corrected chi connectivity index (χ4v) is 3.13. The molecule has 0 amide bonds. The average Bonchev–Trinajstić information content (AvgIpc) is 2.05. The van der Waals surface area contributed by atoms with Gasteiger partial charge in [-0.25, -0.2) is 0 Å². The SMILES string of the molecule is Cc1ccccc1CC(Br)CC(C)(C)C. The maximum absolute atomic E-state index is 3.78. The monoisotopic (exact) mass is 268 g/mol. The summed E-state index contributed by atoms with van der Waals surface area (Å²) >= 11 is 3.78. The Morgan fingerprint density at radius 1 is 1.20 bits per heavy atom. The third kappa shape index (κ3) is 4.83. The molecule has 84 valence electrons. The van der Waals surface area contributed by atoms with Gasteiger partial charge in [-0.05, 0) is 36.3 Å². The summed E-state index contributed by atoms with van der Waals surface area (Å²) in [7, 11) is 0. The molecule has 1 heteroatoms. The van der Waals surface area contributed by atoms with Gasteiger partial charge in [0.2, 0.25) is 0 Å². The van der Waals surface area contributed by atoms with Crippen molar-refractivity contribution >= 4 is 15.9 Å². The van der Waals surface area contributed by atoms with Gasteiger partial charge in [-0.1, -0.05) is 61.0 Å². The molecule has 0 radical (unpaired) electrons. The second-order valence-corrected chi connectivity index (χ2v) is 6.79. The van der Waals surface area contributed by atoms with Crippen molar-refractivity contribution in [1.29, 1.82) is 0 Å². The summed E-state index contributed by atoms with van der Waals surface area (Å²) in [6.45, 7) is 9.06. The first-order valence-corrected chi connectivity index (χ1v) is 6.48. The molecule has 0 fully saturated rings. The molecule has 1 atom stereocenters. The minimum Gasteiger partial charge on any atom is -0.0887 e. The first-order chi connectivity index (χ1) is 6.88. The van der Waals surface area contributed by atoms with Crippen molar-refractivity contribution in [3.8, 4) is 0 Å². The van der Waals surface area contributed by atoms with E-state index in [2.05, 4.69) is 67.9 Å². The second-order valence-electron chi connectivity index (χ2n) is 5.49. The van der Waals surface area contributed by atoms with Gasteiger partial charge in [0, 0.05) is 4.83 Å². The molecule has 1 unspecified atom stereocenters. The first-order valence-electron chi connectivity index (χ1n) is 5.57. The Kier molecular flexibility index (Phi) is 4.39. The van der Waals surface area contributed by atoms with Crippen LogP contribution in [-0.4, -0.2) is 4.83 Å². The molecule has 0 aliphatic carbocycles. The third-order valence-corrected chi connectivity index (χ3v) is 3.18. The molecule has 0 saturated carbocycles. The largest absolute Gasteiger partial charge is 0.0887 e. The van der Waals surface area contributed by atoms with Crippen LogP contribution >= 0.6 is 15.9 Å². The predicted molar refractivity (Wildman–Crippen MR) is 71.7 cm³/mol. The zero-order valence-corrected chi connectivity index (χ0v) is 11.8. The number of hydrogen-bond acceptors (Lipinski definition) is 0. The van der Waals surface area contributed by atoms with Crippen LogP contribution in [0.15, 0.2) is 24.3 Å². The van der Waals surface area contributed by atoms with E-state index in [9.17, 15) is 0 Å². The molecular weight excluding hydrogens is 248 g/mol. The quantitative estimate of drug-likeness (QED) is 0.695. The summed E-state index contributed by atoms with van der Waals surface area (Å²) in [6, 6.07) is 8.64. The van der Waals surface area contributed by atoms with Crippen LogP contribution in [-0.2, 0) is 6.42 Å². The van der Waals surface area contributed by atoms with Gasteiger partial charge in [-0.3, -0.25) is 0 Å².